The summed E-state index contributed by atoms with van der Waals surface area (Å²) in [5.74, 6) is 0. The van der Waals surface area contributed by atoms with Crippen molar-refractivity contribution < 1.29 is 0 Å². The highest BCUT2D eigenvalue weighted by Crippen LogP contribution is 2.49. The van der Waals surface area contributed by atoms with Gasteiger partial charge in [-0.2, -0.15) is 5.26 Å². The predicted octanol–water partition coefficient (Wildman–Crippen LogP) is 5.02. The zero-order valence-corrected chi connectivity index (χ0v) is 12.8. The van der Waals surface area contributed by atoms with Crippen molar-refractivity contribution in [1.29, 1.82) is 5.26 Å². The van der Waals surface area contributed by atoms with Crippen molar-refractivity contribution in [2.24, 2.45) is 0 Å². The molecule has 0 saturated carbocycles. The number of hydrogen-bond acceptors (Lipinski definition) is 1. The Labute approximate surface area is 123 Å². The lowest BCUT2D eigenvalue weighted by molar-refractivity contribution is 0.763. The van der Waals surface area contributed by atoms with Gasteiger partial charge in [0.05, 0.1) is 6.07 Å². The summed E-state index contributed by atoms with van der Waals surface area (Å²) in [4.78, 5) is 0. The molecule has 1 nitrogen and oxygen atoms in total. The van der Waals surface area contributed by atoms with Gasteiger partial charge in [-0.3, -0.25) is 0 Å². The van der Waals surface area contributed by atoms with E-state index in [1.165, 1.54) is 0 Å². The van der Waals surface area contributed by atoms with Crippen molar-refractivity contribution in [1.82, 2.24) is 0 Å². The molecule has 0 aromatic heterocycles. The molecular formula is C15H9Br2N. The first-order valence-electron chi connectivity index (χ1n) is 5.58. The topological polar surface area (TPSA) is 23.8 Å². The Hall–Kier alpha value is -1.11. The number of halogens is 2. The molecular weight excluding hydrogens is 354 g/mol. The number of nitrogens with zero attached hydrogens (tertiary/aromatic N) is 1. The summed E-state index contributed by atoms with van der Waals surface area (Å²) in [5, 5.41) is 9.62. The van der Waals surface area contributed by atoms with E-state index in [0.29, 0.717) is 0 Å². The number of fused-ring (bicyclic) bond motifs is 3. The standard InChI is InChI=1S/C15H9Br2N/c1-15(8-18)13-6-9(16)2-4-11(13)12-5-3-10(17)7-14(12)15/h2-7H,1H3. The van der Waals surface area contributed by atoms with Crippen LogP contribution < -0.4 is 0 Å². The molecule has 0 bridgehead atoms. The maximum atomic E-state index is 9.62. The van der Waals surface area contributed by atoms with Gasteiger partial charge in [0.2, 0.25) is 0 Å². The van der Waals surface area contributed by atoms with Crippen LogP contribution in [0.2, 0.25) is 0 Å². The van der Waals surface area contributed by atoms with Gasteiger partial charge in [0.25, 0.3) is 0 Å². The summed E-state index contributed by atoms with van der Waals surface area (Å²) in [5.41, 5.74) is 3.90. The van der Waals surface area contributed by atoms with Crippen molar-refractivity contribution in [2.75, 3.05) is 0 Å². The molecule has 0 aliphatic heterocycles. The molecule has 0 N–H and O–H groups in total. The summed E-state index contributed by atoms with van der Waals surface area (Å²) in [6.45, 7) is 1.98. The first kappa shape index (κ1) is 12.0. The lowest BCUT2D eigenvalue weighted by Gasteiger charge is -2.18. The molecule has 0 spiro atoms. The predicted molar refractivity (Wildman–Crippen MR) is 79.3 cm³/mol. The maximum absolute atomic E-state index is 9.62. The number of nitriles is 1. The van der Waals surface area contributed by atoms with Crippen molar-refractivity contribution >= 4 is 31.9 Å². The minimum atomic E-state index is -0.571. The summed E-state index contributed by atoms with van der Waals surface area (Å²) >= 11 is 6.97. The minimum Gasteiger partial charge on any atom is -0.197 e. The SMILES string of the molecule is CC1(C#N)c2cc(Br)ccc2-c2ccc(Br)cc21. The molecule has 0 radical (unpaired) electrons. The second-order valence-corrected chi connectivity index (χ2v) is 6.45. The highest BCUT2D eigenvalue weighted by molar-refractivity contribution is 9.10. The van der Waals surface area contributed by atoms with Crippen LogP contribution in [-0.4, -0.2) is 0 Å². The van der Waals surface area contributed by atoms with Crippen molar-refractivity contribution in [3.05, 3.63) is 56.5 Å². The Morgan fingerprint density at radius 3 is 1.78 bits per heavy atom. The van der Waals surface area contributed by atoms with Gasteiger partial charge in [-0.1, -0.05) is 44.0 Å². The van der Waals surface area contributed by atoms with Gasteiger partial charge in [-0.25, -0.2) is 0 Å². The molecule has 2 aromatic carbocycles. The normalized spacial score (nSPS) is 14.8. The molecule has 3 heteroatoms. The van der Waals surface area contributed by atoms with E-state index in [9.17, 15) is 5.26 Å². The Morgan fingerprint density at radius 1 is 0.944 bits per heavy atom. The minimum absolute atomic E-state index is 0.571. The van der Waals surface area contributed by atoms with Crippen LogP contribution in [0.15, 0.2) is 45.3 Å². The second kappa shape index (κ2) is 3.94. The molecule has 0 heterocycles. The Bertz CT molecular complexity index is 647. The van der Waals surface area contributed by atoms with E-state index >= 15 is 0 Å². The summed E-state index contributed by atoms with van der Waals surface area (Å²) in [7, 11) is 0. The van der Waals surface area contributed by atoms with E-state index in [1.54, 1.807) is 0 Å². The zero-order valence-electron chi connectivity index (χ0n) is 9.67. The summed E-state index contributed by atoms with van der Waals surface area (Å²) in [6, 6.07) is 14.8. The highest BCUT2D eigenvalue weighted by Gasteiger charge is 2.39. The average Bonchev–Trinajstić information content (AvgIpc) is 2.60. The zero-order chi connectivity index (χ0) is 12.9. The summed E-state index contributed by atoms with van der Waals surface area (Å²) < 4.78 is 2.02. The summed E-state index contributed by atoms with van der Waals surface area (Å²) in [6.07, 6.45) is 0. The third-order valence-corrected chi connectivity index (χ3v) is 4.54. The van der Waals surface area contributed by atoms with Gasteiger partial charge in [0.1, 0.15) is 5.41 Å². The fraction of sp³-hybridized carbons (Fsp3) is 0.133. The van der Waals surface area contributed by atoms with E-state index in [-0.39, 0.29) is 0 Å². The van der Waals surface area contributed by atoms with Crippen LogP contribution >= 0.6 is 31.9 Å². The van der Waals surface area contributed by atoms with Gasteiger partial charge < -0.3 is 0 Å². The lowest BCUT2D eigenvalue weighted by Crippen LogP contribution is -2.17. The first-order chi connectivity index (χ1) is 8.56. The monoisotopic (exact) mass is 361 g/mol. The molecule has 3 rings (SSSR count). The largest absolute Gasteiger partial charge is 0.197 e. The van der Waals surface area contributed by atoms with Crippen molar-refractivity contribution in [2.45, 2.75) is 12.3 Å². The molecule has 1 aliphatic carbocycles. The third kappa shape index (κ3) is 1.49. The van der Waals surface area contributed by atoms with E-state index in [2.05, 4.69) is 50.1 Å². The van der Waals surface area contributed by atoms with Crippen LogP contribution in [0.4, 0.5) is 0 Å². The van der Waals surface area contributed by atoms with Gasteiger partial charge >= 0.3 is 0 Å². The number of hydrogen-bond donors (Lipinski definition) is 0. The molecule has 0 saturated heterocycles. The van der Waals surface area contributed by atoms with Crippen LogP contribution in [-0.2, 0) is 5.41 Å². The Balaban J connectivity index is 2.42. The molecule has 18 heavy (non-hydrogen) atoms. The van der Waals surface area contributed by atoms with Crippen molar-refractivity contribution in [3.63, 3.8) is 0 Å². The smallest absolute Gasteiger partial charge is 0.106 e. The number of benzene rings is 2. The van der Waals surface area contributed by atoms with Gasteiger partial charge in [0.15, 0.2) is 0 Å². The van der Waals surface area contributed by atoms with E-state index in [1.807, 2.05) is 31.2 Å². The van der Waals surface area contributed by atoms with E-state index < -0.39 is 5.41 Å². The van der Waals surface area contributed by atoms with E-state index in [0.717, 1.165) is 31.2 Å². The Morgan fingerprint density at radius 2 is 1.39 bits per heavy atom. The van der Waals surface area contributed by atoms with Crippen molar-refractivity contribution in [3.8, 4) is 17.2 Å². The Kier molecular flexibility index (Phi) is 2.62. The molecule has 0 fully saturated rings. The van der Waals surface area contributed by atoms with Gasteiger partial charge in [0, 0.05) is 8.95 Å². The highest BCUT2D eigenvalue weighted by atomic mass is 79.9. The van der Waals surface area contributed by atoms with Crippen LogP contribution in [0.3, 0.4) is 0 Å². The van der Waals surface area contributed by atoms with Gasteiger partial charge in [-0.05, 0) is 53.4 Å². The molecule has 88 valence electrons. The fourth-order valence-electron chi connectivity index (χ4n) is 2.60. The maximum Gasteiger partial charge on any atom is 0.106 e. The molecule has 1 aliphatic rings. The van der Waals surface area contributed by atoms with Crippen LogP contribution in [0.1, 0.15) is 18.1 Å². The third-order valence-electron chi connectivity index (χ3n) is 3.55. The first-order valence-corrected chi connectivity index (χ1v) is 7.16. The fourth-order valence-corrected chi connectivity index (χ4v) is 3.32. The van der Waals surface area contributed by atoms with Crippen LogP contribution in [0.25, 0.3) is 11.1 Å². The van der Waals surface area contributed by atoms with E-state index in [4.69, 9.17) is 0 Å². The number of rotatable bonds is 0. The van der Waals surface area contributed by atoms with Crippen LogP contribution in [0, 0.1) is 11.3 Å². The molecule has 2 aromatic rings. The molecule has 0 atom stereocenters. The van der Waals surface area contributed by atoms with Gasteiger partial charge in [-0.15, -0.1) is 0 Å². The lowest BCUT2D eigenvalue weighted by atomic mass is 9.82. The second-order valence-electron chi connectivity index (χ2n) is 4.62. The molecule has 0 amide bonds. The quantitative estimate of drug-likeness (QED) is 0.645. The average molecular weight is 363 g/mol. The molecule has 0 unspecified atom stereocenters. The van der Waals surface area contributed by atoms with Crippen LogP contribution in [0.5, 0.6) is 0 Å².